The number of aliphatic carboxylic acids is 1. The fourth-order valence-electron chi connectivity index (χ4n) is 1.73. The molecule has 0 saturated carbocycles. The van der Waals surface area contributed by atoms with Gasteiger partial charge in [-0.15, -0.1) is 11.3 Å². The summed E-state index contributed by atoms with van der Waals surface area (Å²) in [6.07, 6.45) is 0. The minimum absolute atomic E-state index is 0.219. The van der Waals surface area contributed by atoms with Gasteiger partial charge in [0.25, 0.3) is 5.91 Å². The van der Waals surface area contributed by atoms with Gasteiger partial charge in [0.1, 0.15) is 12.2 Å². The molecule has 1 amide bonds. The van der Waals surface area contributed by atoms with E-state index in [4.69, 9.17) is 10.8 Å². The van der Waals surface area contributed by atoms with Gasteiger partial charge in [0, 0.05) is 5.38 Å². The van der Waals surface area contributed by atoms with E-state index in [0.717, 1.165) is 9.91 Å². The van der Waals surface area contributed by atoms with Crippen LogP contribution in [0.4, 0.5) is 11.4 Å². The van der Waals surface area contributed by atoms with Crippen molar-refractivity contribution in [3.63, 3.8) is 0 Å². The van der Waals surface area contributed by atoms with Crippen molar-refractivity contribution in [3.05, 3.63) is 40.3 Å². The number of hydrogen-bond acceptors (Lipinski definition) is 5. The first-order chi connectivity index (χ1) is 9.49. The quantitative estimate of drug-likeness (QED) is 0.837. The molecule has 0 fully saturated rings. The number of hydrogen-bond donors (Lipinski definition) is 2. The Hall–Kier alpha value is -2.41. The Kier molecular flexibility index (Phi) is 3.99. The third-order valence-corrected chi connectivity index (χ3v) is 3.38. The maximum Gasteiger partial charge on any atom is 0.323 e. The lowest BCUT2D eigenvalue weighted by molar-refractivity contribution is -0.135. The Balaban J connectivity index is 2.40. The van der Waals surface area contributed by atoms with E-state index in [1.807, 2.05) is 0 Å². The summed E-state index contributed by atoms with van der Waals surface area (Å²) in [4.78, 5) is 28.6. The smallest absolute Gasteiger partial charge is 0.323 e. The number of carbonyl (C=O) groups excluding carboxylic acids is 1. The highest BCUT2D eigenvalue weighted by Gasteiger charge is 2.23. The van der Waals surface area contributed by atoms with Crippen LogP contribution in [0.25, 0.3) is 0 Å². The SMILES string of the molecule is Cc1nc(C(=O)N(CC(=O)O)c2ccccc2N)cs1. The molecular formula is C13H13N3O3S. The molecule has 20 heavy (non-hydrogen) atoms. The molecule has 0 saturated heterocycles. The van der Waals surface area contributed by atoms with Crippen LogP contribution in [0.3, 0.4) is 0 Å². The van der Waals surface area contributed by atoms with Crippen LogP contribution in [-0.2, 0) is 4.79 Å². The van der Waals surface area contributed by atoms with Crippen LogP contribution >= 0.6 is 11.3 Å². The number of carboxylic acid groups (broad SMARTS) is 1. The van der Waals surface area contributed by atoms with E-state index in [-0.39, 0.29) is 5.69 Å². The van der Waals surface area contributed by atoms with Crippen molar-refractivity contribution >= 4 is 34.6 Å². The summed E-state index contributed by atoms with van der Waals surface area (Å²) >= 11 is 1.33. The summed E-state index contributed by atoms with van der Waals surface area (Å²) in [5.74, 6) is -1.59. The number of rotatable bonds is 4. The largest absolute Gasteiger partial charge is 0.480 e. The van der Waals surface area contributed by atoms with Gasteiger partial charge in [0.05, 0.1) is 16.4 Å². The number of thiazole rings is 1. The monoisotopic (exact) mass is 291 g/mol. The normalized spacial score (nSPS) is 10.2. The topological polar surface area (TPSA) is 96.5 Å². The van der Waals surface area contributed by atoms with Crippen LogP contribution < -0.4 is 10.6 Å². The summed E-state index contributed by atoms with van der Waals surface area (Å²) < 4.78 is 0. The highest BCUT2D eigenvalue weighted by Crippen LogP contribution is 2.24. The van der Waals surface area contributed by atoms with E-state index < -0.39 is 18.4 Å². The molecule has 2 aromatic rings. The van der Waals surface area contributed by atoms with Crippen LogP contribution in [0.5, 0.6) is 0 Å². The molecular weight excluding hydrogens is 278 g/mol. The number of nitrogens with two attached hydrogens (primary N) is 1. The van der Waals surface area contributed by atoms with Crippen molar-refractivity contribution in [1.82, 2.24) is 4.98 Å². The second-order valence-corrected chi connectivity index (χ2v) is 5.16. The van der Waals surface area contributed by atoms with E-state index in [9.17, 15) is 9.59 Å². The first-order valence-electron chi connectivity index (χ1n) is 5.79. The molecule has 0 bridgehead atoms. The lowest BCUT2D eigenvalue weighted by Gasteiger charge is -2.21. The van der Waals surface area contributed by atoms with E-state index in [1.54, 1.807) is 36.6 Å². The highest BCUT2D eigenvalue weighted by molar-refractivity contribution is 7.09. The van der Waals surface area contributed by atoms with Crippen LogP contribution in [0, 0.1) is 6.92 Å². The molecule has 0 atom stereocenters. The second kappa shape index (κ2) is 5.70. The number of carboxylic acids is 1. The Morgan fingerprint density at radius 1 is 1.40 bits per heavy atom. The van der Waals surface area contributed by atoms with Gasteiger partial charge in [0.2, 0.25) is 0 Å². The van der Waals surface area contributed by atoms with Gasteiger partial charge in [-0.3, -0.25) is 14.5 Å². The van der Waals surface area contributed by atoms with Gasteiger partial charge in [-0.05, 0) is 19.1 Å². The summed E-state index contributed by atoms with van der Waals surface area (Å²) in [5, 5.41) is 11.3. The second-order valence-electron chi connectivity index (χ2n) is 4.10. The number of anilines is 2. The molecule has 0 aliphatic carbocycles. The first-order valence-corrected chi connectivity index (χ1v) is 6.67. The summed E-state index contributed by atoms with van der Waals surface area (Å²) in [5.41, 5.74) is 6.74. The molecule has 0 radical (unpaired) electrons. The third-order valence-electron chi connectivity index (χ3n) is 2.60. The van der Waals surface area contributed by atoms with Crippen molar-refractivity contribution in [3.8, 4) is 0 Å². The van der Waals surface area contributed by atoms with E-state index in [1.165, 1.54) is 11.3 Å². The van der Waals surface area contributed by atoms with Gasteiger partial charge in [-0.2, -0.15) is 0 Å². The zero-order valence-corrected chi connectivity index (χ0v) is 11.6. The lowest BCUT2D eigenvalue weighted by Crippen LogP contribution is -2.36. The van der Waals surface area contributed by atoms with Crippen LogP contribution in [0.15, 0.2) is 29.6 Å². The average molecular weight is 291 g/mol. The third kappa shape index (κ3) is 2.94. The molecule has 0 aliphatic rings. The van der Waals surface area contributed by atoms with Crippen molar-refractivity contribution in [2.45, 2.75) is 6.92 Å². The Labute approximate surface area is 119 Å². The van der Waals surface area contributed by atoms with E-state index in [2.05, 4.69) is 4.98 Å². The molecule has 3 N–H and O–H groups in total. The van der Waals surface area contributed by atoms with Crippen molar-refractivity contribution in [1.29, 1.82) is 0 Å². The Morgan fingerprint density at radius 2 is 2.10 bits per heavy atom. The molecule has 0 unspecified atom stereocenters. The number of amides is 1. The van der Waals surface area contributed by atoms with Gasteiger partial charge in [-0.1, -0.05) is 12.1 Å². The average Bonchev–Trinajstić information content (AvgIpc) is 2.82. The number of aryl methyl sites for hydroxylation is 1. The fourth-order valence-corrected chi connectivity index (χ4v) is 2.32. The first kappa shape index (κ1) is 14.0. The lowest BCUT2D eigenvalue weighted by atomic mass is 10.2. The molecule has 2 rings (SSSR count). The molecule has 0 spiro atoms. The van der Waals surface area contributed by atoms with Gasteiger partial charge < -0.3 is 10.8 Å². The molecule has 6 nitrogen and oxygen atoms in total. The molecule has 1 heterocycles. The van der Waals surface area contributed by atoms with Gasteiger partial charge in [-0.25, -0.2) is 4.98 Å². The maximum absolute atomic E-state index is 12.4. The van der Waals surface area contributed by atoms with Crippen molar-refractivity contribution in [2.75, 3.05) is 17.2 Å². The summed E-state index contributed by atoms with van der Waals surface area (Å²) in [7, 11) is 0. The maximum atomic E-state index is 12.4. The highest BCUT2D eigenvalue weighted by atomic mass is 32.1. The Morgan fingerprint density at radius 3 is 2.65 bits per heavy atom. The molecule has 7 heteroatoms. The van der Waals surface area contributed by atoms with E-state index >= 15 is 0 Å². The predicted octanol–water partition coefficient (Wildman–Crippen LogP) is 1.77. The summed E-state index contributed by atoms with van der Waals surface area (Å²) in [6.45, 7) is 1.31. The number of para-hydroxylation sites is 2. The minimum atomic E-state index is -1.12. The van der Waals surface area contributed by atoms with Gasteiger partial charge >= 0.3 is 5.97 Å². The fraction of sp³-hybridized carbons (Fsp3) is 0.154. The standard InChI is InChI=1S/C13H13N3O3S/c1-8-15-10(7-20-8)13(19)16(6-12(17)18)11-5-3-2-4-9(11)14/h2-5,7H,6,14H2,1H3,(H,17,18). The molecule has 1 aromatic heterocycles. The van der Waals surface area contributed by atoms with Crippen molar-refractivity contribution in [2.24, 2.45) is 0 Å². The van der Waals surface area contributed by atoms with Crippen LogP contribution in [0.1, 0.15) is 15.5 Å². The number of nitrogen functional groups attached to an aromatic ring is 1. The Bertz CT molecular complexity index is 654. The van der Waals surface area contributed by atoms with Crippen molar-refractivity contribution < 1.29 is 14.7 Å². The number of nitrogens with zero attached hydrogens (tertiary/aromatic N) is 2. The summed E-state index contributed by atoms with van der Waals surface area (Å²) in [6, 6.07) is 6.63. The van der Waals surface area contributed by atoms with E-state index in [0.29, 0.717) is 11.4 Å². The molecule has 104 valence electrons. The zero-order chi connectivity index (χ0) is 14.7. The number of benzene rings is 1. The number of carbonyl (C=O) groups is 2. The van der Waals surface area contributed by atoms with Crippen LogP contribution in [-0.4, -0.2) is 28.5 Å². The zero-order valence-electron chi connectivity index (χ0n) is 10.7. The predicted molar refractivity (Wildman–Crippen MR) is 77.0 cm³/mol. The van der Waals surface area contributed by atoms with Crippen LogP contribution in [0.2, 0.25) is 0 Å². The number of aromatic nitrogens is 1. The molecule has 0 aliphatic heterocycles. The van der Waals surface area contributed by atoms with Gasteiger partial charge in [0.15, 0.2) is 0 Å². The molecule has 1 aromatic carbocycles. The minimum Gasteiger partial charge on any atom is -0.480 e.